The van der Waals surface area contributed by atoms with Gasteiger partial charge in [0.05, 0.1) is 0 Å². The number of halogens is 7. The number of Topliss-reactive ketones (excluding diaryl/α,β-unsaturated/α-hetero) is 1. The van der Waals surface area contributed by atoms with Crippen molar-refractivity contribution >= 4 is 5.78 Å². The zero-order valence-electron chi connectivity index (χ0n) is 9.86. The fourth-order valence-corrected chi connectivity index (χ4v) is 0.983. The van der Waals surface area contributed by atoms with Gasteiger partial charge in [0, 0.05) is 13.2 Å². The van der Waals surface area contributed by atoms with Crippen molar-refractivity contribution in [1.82, 2.24) is 0 Å². The summed E-state index contributed by atoms with van der Waals surface area (Å²) in [6.07, 6.45) is -9.06. The average Bonchev–Trinajstić information content (AvgIpc) is 2.26. The van der Waals surface area contributed by atoms with E-state index in [4.69, 9.17) is 0 Å². The minimum atomic E-state index is -6.57. The van der Waals surface area contributed by atoms with E-state index in [1.54, 1.807) is 0 Å². The molecule has 0 N–H and O–H groups in total. The maximum Gasteiger partial charge on any atom is 0.460 e. The van der Waals surface area contributed by atoms with E-state index in [-0.39, 0.29) is 13.2 Å². The largest absolute Gasteiger partial charge is 0.460 e. The highest BCUT2D eigenvalue weighted by atomic mass is 19.4. The minimum Gasteiger partial charge on any atom is -0.346 e. The Morgan fingerprint density at radius 1 is 0.947 bits per heavy atom. The first-order valence-electron chi connectivity index (χ1n) is 5.03. The average molecular weight is 300 g/mol. The summed E-state index contributed by atoms with van der Waals surface area (Å²) in [4.78, 5) is 11.1. The molecule has 0 aromatic carbocycles. The van der Waals surface area contributed by atoms with E-state index < -0.39 is 30.1 Å². The van der Waals surface area contributed by atoms with Crippen molar-refractivity contribution in [2.75, 3.05) is 13.2 Å². The number of hydrogen-bond acceptors (Lipinski definition) is 3. The van der Waals surface area contributed by atoms with Gasteiger partial charge in [-0.25, -0.2) is 0 Å². The van der Waals surface area contributed by atoms with Gasteiger partial charge >= 0.3 is 18.0 Å². The Morgan fingerprint density at radius 2 is 1.32 bits per heavy atom. The molecule has 3 nitrogen and oxygen atoms in total. The second-order valence-electron chi connectivity index (χ2n) is 3.25. The van der Waals surface area contributed by atoms with Gasteiger partial charge in [0.1, 0.15) is 0 Å². The topological polar surface area (TPSA) is 35.5 Å². The second-order valence-corrected chi connectivity index (χ2v) is 3.25. The smallest absolute Gasteiger partial charge is 0.346 e. The Hall–Kier alpha value is -0.900. The van der Waals surface area contributed by atoms with Crippen LogP contribution >= 0.6 is 0 Å². The molecule has 0 amide bonds. The molecule has 19 heavy (non-hydrogen) atoms. The van der Waals surface area contributed by atoms with Crippen LogP contribution in [0.4, 0.5) is 30.7 Å². The van der Waals surface area contributed by atoms with Crippen LogP contribution in [-0.2, 0) is 14.3 Å². The number of carbonyl (C=O) groups excluding carboxylic acids is 1. The van der Waals surface area contributed by atoms with Gasteiger partial charge in [-0.1, -0.05) is 0 Å². The highest BCUT2D eigenvalue weighted by Crippen LogP contribution is 2.47. The van der Waals surface area contributed by atoms with E-state index in [2.05, 4.69) is 9.47 Å². The quantitative estimate of drug-likeness (QED) is 0.536. The molecule has 0 atom stereocenters. The van der Waals surface area contributed by atoms with Crippen LogP contribution in [0.1, 0.15) is 13.8 Å². The standard InChI is InChI=1S/C9H11F7O3/c1-3-18-6(19-4-2)5(17)7(10,11)8(12,13)9(14,15)16/h6H,3-4H2,1-2H3. The number of ether oxygens (including phenoxy) is 2. The van der Waals surface area contributed by atoms with Crippen LogP contribution in [0.3, 0.4) is 0 Å². The molecule has 0 aliphatic carbocycles. The first-order chi connectivity index (χ1) is 8.43. The minimum absolute atomic E-state index is 0.385. The molecule has 0 saturated heterocycles. The highest BCUT2D eigenvalue weighted by Gasteiger charge is 2.76. The zero-order valence-corrected chi connectivity index (χ0v) is 9.86. The van der Waals surface area contributed by atoms with E-state index in [1.165, 1.54) is 13.8 Å². The molecule has 10 heteroatoms. The summed E-state index contributed by atoms with van der Waals surface area (Å²) >= 11 is 0. The predicted octanol–water partition coefficient (Wildman–Crippen LogP) is 2.79. The SMILES string of the molecule is CCOC(OCC)C(=O)C(F)(F)C(F)(F)C(F)(F)F. The van der Waals surface area contributed by atoms with Crippen LogP contribution in [0.2, 0.25) is 0 Å². The van der Waals surface area contributed by atoms with Crippen molar-refractivity contribution in [2.45, 2.75) is 38.2 Å². The number of alkyl halides is 7. The number of ketones is 1. The molecule has 0 aromatic heterocycles. The van der Waals surface area contributed by atoms with Crippen molar-refractivity contribution in [3.63, 3.8) is 0 Å². The number of hydrogen-bond donors (Lipinski definition) is 0. The molecule has 0 aliphatic heterocycles. The lowest BCUT2D eigenvalue weighted by Gasteiger charge is -2.29. The fourth-order valence-electron chi connectivity index (χ4n) is 0.983. The van der Waals surface area contributed by atoms with Gasteiger partial charge in [-0.3, -0.25) is 4.79 Å². The first kappa shape index (κ1) is 18.1. The van der Waals surface area contributed by atoms with Crippen molar-refractivity contribution in [1.29, 1.82) is 0 Å². The highest BCUT2D eigenvalue weighted by molar-refractivity contribution is 5.89. The summed E-state index contributed by atoms with van der Waals surface area (Å²) < 4.78 is 95.4. The molecule has 114 valence electrons. The number of carbonyl (C=O) groups is 1. The molecule has 0 unspecified atom stereocenters. The fraction of sp³-hybridized carbons (Fsp3) is 0.889. The molecular weight excluding hydrogens is 289 g/mol. The Morgan fingerprint density at radius 3 is 1.58 bits per heavy atom. The third kappa shape index (κ3) is 3.56. The first-order valence-corrected chi connectivity index (χ1v) is 5.03. The summed E-state index contributed by atoms with van der Waals surface area (Å²) in [5.41, 5.74) is 0. The molecule has 0 rings (SSSR count). The van der Waals surface area contributed by atoms with Gasteiger partial charge in [0.2, 0.25) is 6.29 Å². The molecule has 0 spiro atoms. The number of rotatable bonds is 7. The van der Waals surface area contributed by atoms with Crippen LogP contribution < -0.4 is 0 Å². The Balaban J connectivity index is 5.33. The van der Waals surface area contributed by atoms with Gasteiger partial charge in [-0.2, -0.15) is 30.7 Å². The molecule has 0 radical (unpaired) electrons. The zero-order chi connectivity index (χ0) is 15.5. The Bertz CT molecular complexity index is 307. The third-order valence-electron chi connectivity index (χ3n) is 1.91. The Kier molecular flexibility index (Phi) is 5.75. The van der Waals surface area contributed by atoms with Crippen molar-refractivity contribution in [2.24, 2.45) is 0 Å². The molecule has 0 fully saturated rings. The van der Waals surface area contributed by atoms with E-state index in [1.807, 2.05) is 0 Å². The Labute approximate surface area is 103 Å². The summed E-state index contributed by atoms with van der Waals surface area (Å²) in [6, 6.07) is 0. The lowest BCUT2D eigenvalue weighted by Crippen LogP contribution is -2.59. The van der Waals surface area contributed by atoms with Gasteiger partial charge in [0.15, 0.2) is 0 Å². The van der Waals surface area contributed by atoms with Gasteiger partial charge in [-0.15, -0.1) is 0 Å². The van der Waals surface area contributed by atoms with Gasteiger partial charge < -0.3 is 9.47 Å². The van der Waals surface area contributed by atoms with Gasteiger partial charge in [-0.05, 0) is 13.8 Å². The van der Waals surface area contributed by atoms with Crippen LogP contribution in [-0.4, -0.2) is 43.3 Å². The van der Waals surface area contributed by atoms with E-state index in [9.17, 15) is 35.5 Å². The van der Waals surface area contributed by atoms with Crippen LogP contribution in [0, 0.1) is 0 Å². The molecule has 0 aliphatic rings. The monoisotopic (exact) mass is 300 g/mol. The van der Waals surface area contributed by atoms with Crippen LogP contribution in [0.25, 0.3) is 0 Å². The summed E-state index contributed by atoms with van der Waals surface area (Å²) in [5, 5.41) is 0. The maximum atomic E-state index is 13.0. The summed E-state index contributed by atoms with van der Waals surface area (Å²) in [7, 11) is 0. The molecular formula is C9H11F7O3. The lowest BCUT2D eigenvalue weighted by atomic mass is 10.1. The maximum absolute atomic E-state index is 13.0. The molecule has 0 aromatic rings. The summed E-state index contributed by atoms with van der Waals surface area (Å²) in [5.74, 6) is -15.3. The normalized spacial score (nSPS) is 14.0. The summed E-state index contributed by atoms with van der Waals surface area (Å²) in [6.45, 7) is 1.67. The van der Waals surface area contributed by atoms with E-state index in [0.29, 0.717) is 0 Å². The third-order valence-corrected chi connectivity index (χ3v) is 1.91. The van der Waals surface area contributed by atoms with E-state index >= 15 is 0 Å². The predicted molar refractivity (Wildman–Crippen MR) is 48.0 cm³/mol. The second kappa shape index (κ2) is 6.04. The van der Waals surface area contributed by atoms with E-state index in [0.717, 1.165) is 0 Å². The van der Waals surface area contributed by atoms with Crippen LogP contribution in [0.15, 0.2) is 0 Å². The van der Waals surface area contributed by atoms with Gasteiger partial charge in [0.25, 0.3) is 5.78 Å². The molecule has 0 bridgehead atoms. The molecule has 0 heterocycles. The van der Waals surface area contributed by atoms with Crippen LogP contribution in [0.5, 0.6) is 0 Å². The van der Waals surface area contributed by atoms with Crippen molar-refractivity contribution in [3.05, 3.63) is 0 Å². The van der Waals surface area contributed by atoms with Crippen molar-refractivity contribution in [3.8, 4) is 0 Å². The molecule has 0 saturated carbocycles. The van der Waals surface area contributed by atoms with Crippen molar-refractivity contribution < 1.29 is 45.0 Å². The lowest BCUT2D eigenvalue weighted by molar-refractivity contribution is -0.347.